The van der Waals surface area contributed by atoms with Crippen LogP contribution in [0.5, 0.6) is 5.88 Å². The van der Waals surface area contributed by atoms with Crippen LogP contribution in [0.15, 0.2) is 93.0 Å². The first-order chi connectivity index (χ1) is 16.5. The van der Waals surface area contributed by atoms with Crippen molar-refractivity contribution in [3.8, 4) is 11.6 Å². The van der Waals surface area contributed by atoms with Crippen molar-refractivity contribution in [2.24, 2.45) is 10.2 Å². The standard InChI is InChI=1S/C25H19N5O3S/c1-15-11-12-20-18(13-15)22(23(32)26-20)29-28-21(31)14-34-25-27-19-10-6-5-9-17(19)24(33)30(25)16-7-3-2-4-8-16/h2-13,26,32H,14H2,1H3. The number of aromatic hydroxyl groups is 1. The van der Waals surface area contributed by atoms with Gasteiger partial charge in [-0.2, -0.15) is 0 Å². The molecule has 0 aliphatic heterocycles. The van der Waals surface area contributed by atoms with Crippen molar-refractivity contribution in [3.05, 3.63) is 88.7 Å². The zero-order valence-corrected chi connectivity index (χ0v) is 18.9. The van der Waals surface area contributed by atoms with E-state index in [-0.39, 0.29) is 22.9 Å². The van der Waals surface area contributed by atoms with Crippen LogP contribution in [0.2, 0.25) is 0 Å². The summed E-state index contributed by atoms with van der Waals surface area (Å²) in [5, 5.41) is 19.5. The van der Waals surface area contributed by atoms with Crippen molar-refractivity contribution in [1.29, 1.82) is 0 Å². The van der Waals surface area contributed by atoms with Gasteiger partial charge in [0.1, 0.15) is 0 Å². The minimum Gasteiger partial charge on any atom is -0.493 e. The summed E-state index contributed by atoms with van der Waals surface area (Å²) in [6.45, 7) is 1.93. The van der Waals surface area contributed by atoms with Gasteiger partial charge in [0.25, 0.3) is 11.5 Å². The summed E-state index contributed by atoms with van der Waals surface area (Å²) in [5.74, 6) is -0.754. The number of amides is 1. The number of fused-ring (bicyclic) bond motifs is 2. The van der Waals surface area contributed by atoms with E-state index in [1.54, 1.807) is 18.2 Å². The summed E-state index contributed by atoms with van der Waals surface area (Å²) < 4.78 is 1.49. The van der Waals surface area contributed by atoms with E-state index < -0.39 is 5.91 Å². The third-order valence-corrected chi connectivity index (χ3v) is 6.18. The van der Waals surface area contributed by atoms with Gasteiger partial charge in [-0.15, -0.1) is 10.2 Å². The molecule has 9 heteroatoms. The lowest BCUT2D eigenvalue weighted by atomic mass is 10.2. The van der Waals surface area contributed by atoms with Gasteiger partial charge < -0.3 is 10.1 Å². The number of rotatable bonds is 5. The molecule has 0 bridgehead atoms. The monoisotopic (exact) mass is 469 g/mol. The quantitative estimate of drug-likeness (QED) is 0.206. The summed E-state index contributed by atoms with van der Waals surface area (Å²) in [7, 11) is 0. The number of H-pyrrole nitrogens is 1. The minimum absolute atomic E-state index is 0.0801. The first-order valence-electron chi connectivity index (χ1n) is 10.5. The van der Waals surface area contributed by atoms with Crippen LogP contribution < -0.4 is 5.56 Å². The SMILES string of the molecule is Cc1ccc2[nH]c(O)c(N=NC(=O)CSc3nc4ccccc4c(=O)n3-c3ccccc3)c2c1. The Kier molecular flexibility index (Phi) is 5.69. The third kappa shape index (κ3) is 4.08. The molecule has 0 saturated heterocycles. The van der Waals surface area contributed by atoms with Gasteiger partial charge in [-0.25, -0.2) is 4.98 Å². The molecule has 0 spiro atoms. The highest BCUT2D eigenvalue weighted by Crippen LogP contribution is 2.36. The highest BCUT2D eigenvalue weighted by molar-refractivity contribution is 7.99. The number of hydrogen-bond donors (Lipinski definition) is 2. The third-order valence-electron chi connectivity index (χ3n) is 5.25. The topological polar surface area (TPSA) is 113 Å². The number of hydrogen-bond acceptors (Lipinski definition) is 6. The molecule has 5 aromatic rings. The fourth-order valence-electron chi connectivity index (χ4n) is 3.65. The summed E-state index contributed by atoms with van der Waals surface area (Å²) in [6, 6.07) is 21.8. The summed E-state index contributed by atoms with van der Waals surface area (Å²) in [4.78, 5) is 33.2. The van der Waals surface area contributed by atoms with Crippen LogP contribution in [0.3, 0.4) is 0 Å². The molecular weight excluding hydrogens is 450 g/mol. The molecule has 0 aliphatic carbocycles. The molecular formula is C25H19N5O3S. The first kappa shape index (κ1) is 21.6. The van der Waals surface area contributed by atoms with E-state index in [9.17, 15) is 14.7 Å². The maximum Gasteiger partial charge on any atom is 0.275 e. The molecule has 2 heterocycles. The normalized spacial score (nSPS) is 11.6. The maximum absolute atomic E-state index is 13.2. The maximum atomic E-state index is 13.2. The van der Waals surface area contributed by atoms with Crippen LogP contribution in [-0.2, 0) is 4.79 Å². The van der Waals surface area contributed by atoms with E-state index in [0.29, 0.717) is 32.6 Å². The van der Waals surface area contributed by atoms with Gasteiger partial charge in [0.15, 0.2) is 10.8 Å². The highest BCUT2D eigenvalue weighted by atomic mass is 32.2. The average Bonchev–Trinajstić information content (AvgIpc) is 3.16. The smallest absolute Gasteiger partial charge is 0.275 e. The molecule has 2 N–H and O–H groups in total. The van der Waals surface area contributed by atoms with E-state index in [2.05, 4.69) is 20.2 Å². The number of azo groups is 1. The molecule has 0 saturated carbocycles. The Hall–Kier alpha value is -4.24. The van der Waals surface area contributed by atoms with E-state index in [1.165, 1.54) is 4.57 Å². The average molecular weight is 470 g/mol. The lowest BCUT2D eigenvalue weighted by Gasteiger charge is -2.12. The predicted molar refractivity (Wildman–Crippen MR) is 132 cm³/mol. The molecule has 168 valence electrons. The molecule has 1 amide bonds. The van der Waals surface area contributed by atoms with Crippen molar-refractivity contribution >= 4 is 45.2 Å². The lowest BCUT2D eigenvalue weighted by Crippen LogP contribution is -2.22. The van der Waals surface area contributed by atoms with Gasteiger partial charge in [0.2, 0.25) is 5.88 Å². The zero-order chi connectivity index (χ0) is 23.7. The second-order valence-corrected chi connectivity index (χ2v) is 8.58. The fraction of sp³-hybridized carbons (Fsp3) is 0.0800. The summed E-state index contributed by atoms with van der Waals surface area (Å²) >= 11 is 1.10. The number of thioether (sulfide) groups is 1. The Morgan fingerprint density at radius 1 is 1.06 bits per heavy atom. The minimum atomic E-state index is -0.520. The van der Waals surface area contributed by atoms with Gasteiger partial charge in [-0.05, 0) is 43.3 Å². The zero-order valence-electron chi connectivity index (χ0n) is 18.1. The number of nitrogens with one attached hydrogen (secondary N) is 1. The van der Waals surface area contributed by atoms with Gasteiger partial charge in [0, 0.05) is 5.39 Å². The molecule has 2 aromatic heterocycles. The van der Waals surface area contributed by atoms with Crippen LogP contribution in [-0.4, -0.2) is 31.3 Å². The molecule has 3 aromatic carbocycles. The second-order valence-electron chi connectivity index (χ2n) is 7.64. The second kappa shape index (κ2) is 8.95. The number of benzene rings is 3. The van der Waals surface area contributed by atoms with Crippen LogP contribution in [0.1, 0.15) is 5.56 Å². The van der Waals surface area contributed by atoms with Crippen LogP contribution in [0, 0.1) is 6.92 Å². The van der Waals surface area contributed by atoms with Gasteiger partial charge in [-0.1, -0.05) is 53.7 Å². The Morgan fingerprint density at radius 2 is 1.82 bits per heavy atom. The van der Waals surface area contributed by atoms with Gasteiger partial charge in [-0.3, -0.25) is 14.2 Å². The van der Waals surface area contributed by atoms with E-state index in [0.717, 1.165) is 17.3 Å². The van der Waals surface area contributed by atoms with Crippen LogP contribution in [0.25, 0.3) is 27.5 Å². The number of para-hydroxylation sites is 2. The number of aromatic nitrogens is 3. The number of aryl methyl sites for hydroxylation is 1. The number of carbonyl (C=O) groups is 1. The van der Waals surface area contributed by atoms with E-state index in [4.69, 9.17) is 0 Å². The van der Waals surface area contributed by atoms with Crippen LogP contribution in [0.4, 0.5) is 5.69 Å². The van der Waals surface area contributed by atoms with E-state index >= 15 is 0 Å². The van der Waals surface area contributed by atoms with Crippen molar-refractivity contribution in [2.75, 3.05) is 5.75 Å². The Bertz CT molecular complexity index is 1620. The van der Waals surface area contributed by atoms with Gasteiger partial charge >= 0.3 is 0 Å². The molecule has 0 unspecified atom stereocenters. The molecule has 0 atom stereocenters. The molecule has 0 fully saturated rings. The van der Waals surface area contributed by atoms with Crippen molar-refractivity contribution in [2.45, 2.75) is 12.1 Å². The summed E-state index contributed by atoms with van der Waals surface area (Å²) in [5.41, 5.74) is 2.89. The van der Waals surface area contributed by atoms with Crippen LogP contribution >= 0.6 is 11.8 Å². The first-order valence-corrected chi connectivity index (χ1v) is 11.5. The molecule has 5 rings (SSSR count). The highest BCUT2D eigenvalue weighted by Gasteiger charge is 2.15. The summed E-state index contributed by atoms with van der Waals surface area (Å²) in [6.07, 6.45) is 0. The van der Waals surface area contributed by atoms with Gasteiger partial charge in [0.05, 0.1) is 27.9 Å². The van der Waals surface area contributed by atoms with Crippen molar-refractivity contribution in [3.63, 3.8) is 0 Å². The number of carbonyl (C=O) groups excluding carboxylic acids is 1. The Labute approximate surface area is 198 Å². The molecule has 0 radical (unpaired) electrons. The Balaban J connectivity index is 1.44. The Morgan fingerprint density at radius 3 is 2.65 bits per heavy atom. The fourth-order valence-corrected chi connectivity index (χ4v) is 4.44. The number of aromatic amines is 1. The van der Waals surface area contributed by atoms with E-state index in [1.807, 2.05) is 61.5 Å². The van der Waals surface area contributed by atoms with Crippen molar-refractivity contribution < 1.29 is 9.90 Å². The number of nitrogens with zero attached hydrogens (tertiary/aromatic N) is 4. The van der Waals surface area contributed by atoms with Crippen molar-refractivity contribution in [1.82, 2.24) is 14.5 Å². The molecule has 34 heavy (non-hydrogen) atoms. The predicted octanol–water partition coefficient (Wildman–Crippen LogP) is 5.28. The lowest BCUT2D eigenvalue weighted by molar-refractivity contribution is -0.115. The largest absolute Gasteiger partial charge is 0.493 e. The molecule has 8 nitrogen and oxygen atoms in total. The molecule has 0 aliphatic rings.